The highest BCUT2D eigenvalue weighted by atomic mass is 35.5. The molecule has 0 spiro atoms. The third kappa shape index (κ3) is 3.24. The quantitative estimate of drug-likeness (QED) is 0.894. The van der Waals surface area contributed by atoms with E-state index in [1.54, 1.807) is 0 Å². The largest absolute Gasteiger partial charge is 0.338 e. The van der Waals surface area contributed by atoms with Gasteiger partial charge in [0.15, 0.2) is 0 Å². The van der Waals surface area contributed by atoms with Gasteiger partial charge in [-0.2, -0.15) is 0 Å². The summed E-state index contributed by atoms with van der Waals surface area (Å²) in [5.74, 6) is 0.584. The molecular formula is C14H21ClN2O. The van der Waals surface area contributed by atoms with Crippen molar-refractivity contribution in [1.29, 1.82) is 0 Å². The summed E-state index contributed by atoms with van der Waals surface area (Å²) in [6, 6.07) is 7.94. The number of likely N-dealkylation sites (tertiary alicyclic amines) is 1. The van der Waals surface area contributed by atoms with Crippen LogP contribution in [0.4, 0.5) is 0 Å². The Bertz CT molecular complexity index is 420. The highest BCUT2D eigenvalue weighted by Gasteiger charge is 2.28. The zero-order chi connectivity index (χ0) is 12.4. The maximum Gasteiger partial charge on any atom is 0.253 e. The molecule has 1 amide bonds. The van der Waals surface area contributed by atoms with Crippen LogP contribution >= 0.6 is 12.4 Å². The molecule has 2 rings (SSSR count). The molecule has 100 valence electrons. The average molecular weight is 269 g/mol. The van der Waals surface area contributed by atoms with Gasteiger partial charge in [0.05, 0.1) is 0 Å². The molecule has 0 aliphatic carbocycles. The number of benzene rings is 1. The number of halogens is 1. The average Bonchev–Trinajstić information content (AvgIpc) is 2.77. The number of carbonyl (C=O) groups excluding carboxylic acids is 1. The molecule has 1 aliphatic rings. The van der Waals surface area contributed by atoms with Crippen molar-refractivity contribution in [2.45, 2.75) is 26.3 Å². The van der Waals surface area contributed by atoms with Crippen molar-refractivity contribution in [3.05, 3.63) is 35.4 Å². The van der Waals surface area contributed by atoms with E-state index >= 15 is 0 Å². The van der Waals surface area contributed by atoms with Gasteiger partial charge >= 0.3 is 0 Å². The van der Waals surface area contributed by atoms with E-state index in [1.807, 2.05) is 43.0 Å². The van der Waals surface area contributed by atoms with Gasteiger partial charge in [0, 0.05) is 24.7 Å². The highest BCUT2D eigenvalue weighted by Crippen LogP contribution is 2.20. The Morgan fingerprint density at radius 2 is 2.22 bits per heavy atom. The number of nitrogens with zero attached hydrogens (tertiary/aromatic N) is 1. The van der Waals surface area contributed by atoms with Crippen LogP contribution in [0.2, 0.25) is 0 Å². The molecule has 1 aromatic carbocycles. The van der Waals surface area contributed by atoms with Crippen molar-refractivity contribution in [3.8, 4) is 0 Å². The second kappa shape index (κ2) is 6.21. The van der Waals surface area contributed by atoms with Gasteiger partial charge in [0.25, 0.3) is 5.91 Å². The predicted molar refractivity (Wildman–Crippen MR) is 76.1 cm³/mol. The van der Waals surface area contributed by atoms with E-state index in [-0.39, 0.29) is 24.4 Å². The van der Waals surface area contributed by atoms with Gasteiger partial charge in [-0.05, 0) is 38.3 Å². The molecule has 18 heavy (non-hydrogen) atoms. The second-order valence-corrected chi connectivity index (χ2v) is 5.03. The Morgan fingerprint density at radius 3 is 2.78 bits per heavy atom. The molecule has 2 atom stereocenters. The number of carbonyl (C=O) groups is 1. The minimum absolute atomic E-state index is 0. The number of rotatable bonds is 2. The number of nitrogens with two attached hydrogens (primary N) is 1. The molecule has 2 unspecified atom stereocenters. The van der Waals surface area contributed by atoms with Gasteiger partial charge in [-0.3, -0.25) is 4.79 Å². The van der Waals surface area contributed by atoms with Gasteiger partial charge in [-0.25, -0.2) is 0 Å². The lowest BCUT2D eigenvalue weighted by Gasteiger charge is -2.18. The van der Waals surface area contributed by atoms with E-state index in [0.29, 0.717) is 5.92 Å². The summed E-state index contributed by atoms with van der Waals surface area (Å²) in [7, 11) is 0. The first-order valence-electron chi connectivity index (χ1n) is 6.19. The third-order valence-corrected chi connectivity index (χ3v) is 3.52. The van der Waals surface area contributed by atoms with Gasteiger partial charge in [0.2, 0.25) is 0 Å². The van der Waals surface area contributed by atoms with Crippen LogP contribution in [-0.4, -0.2) is 29.9 Å². The first-order chi connectivity index (χ1) is 8.08. The zero-order valence-electron chi connectivity index (χ0n) is 10.9. The summed E-state index contributed by atoms with van der Waals surface area (Å²) in [6.07, 6.45) is 1.02. The monoisotopic (exact) mass is 268 g/mol. The SMILES string of the molecule is Cc1cccc(C(=O)N2CCC(C(C)N)C2)c1.Cl. The standard InChI is InChI=1S/C14H20N2O.ClH/c1-10-4-3-5-12(8-10)14(17)16-7-6-13(9-16)11(2)15;/h3-5,8,11,13H,6-7,9,15H2,1-2H3;1H. The van der Waals surface area contributed by atoms with Gasteiger partial charge in [0.1, 0.15) is 0 Å². The molecule has 1 saturated heterocycles. The van der Waals surface area contributed by atoms with Gasteiger partial charge in [-0.15, -0.1) is 12.4 Å². The molecular weight excluding hydrogens is 248 g/mol. The summed E-state index contributed by atoms with van der Waals surface area (Å²) in [5, 5.41) is 0. The minimum atomic E-state index is 0. The van der Waals surface area contributed by atoms with E-state index in [4.69, 9.17) is 5.73 Å². The van der Waals surface area contributed by atoms with Crippen LogP contribution in [0.15, 0.2) is 24.3 Å². The summed E-state index contributed by atoms with van der Waals surface area (Å²) < 4.78 is 0. The van der Waals surface area contributed by atoms with E-state index in [9.17, 15) is 4.79 Å². The summed E-state index contributed by atoms with van der Waals surface area (Å²) in [4.78, 5) is 14.2. The molecule has 0 bridgehead atoms. The van der Waals surface area contributed by atoms with Crippen LogP contribution in [0.25, 0.3) is 0 Å². The molecule has 0 radical (unpaired) electrons. The van der Waals surface area contributed by atoms with E-state index in [0.717, 1.165) is 30.6 Å². The van der Waals surface area contributed by atoms with E-state index in [2.05, 4.69) is 0 Å². The number of hydrogen-bond acceptors (Lipinski definition) is 2. The first kappa shape index (κ1) is 15.0. The fraction of sp³-hybridized carbons (Fsp3) is 0.500. The second-order valence-electron chi connectivity index (χ2n) is 5.03. The molecule has 1 heterocycles. The lowest BCUT2D eigenvalue weighted by atomic mass is 10.0. The van der Waals surface area contributed by atoms with Crippen LogP contribution < -0.4 is 5.73 Å². The number of aryl methyl sites for hydroxylation is 1. The minimum Gasteiger partial charge on any atom is -0.338 e. The molecule has 1 aromatic rings. The Balaban J connectivity index is 0.00000162. The van der Waals surface area contributed by atoms with Crippen molar-refractivity contribution in [2.24, 2.45) is 11.7 Å². The molecule has 4 heteroatoms. The molecule has 2 N–H and O–H groups in total. The first-order valence-corrected chi connectivity index (χ1v) is 6.19. The Morgan fingerprint density at radius 1 is 1.50 bits per heavy atom. The van der Waals surface area contributed by atoms with Crippen LogP contribution in [0.3, 0.4) is 0 Å². The van der Waals surface area contributed by atoms with Crippen molar-refractivity contribution < 1.29 is 4.79 Å². The highest BCUT2D eigenvalue weighted by molar-refractivity contribution is 5.94. The van der Waals surface area contributed by atoms with Gasteiger partial charge < -0.3 is 10.6 Å². The topological polar surface area (TPSA) is 46.3 Å². The fourth-order valence-electron chi connectivity index (χ4n) is 2.36. The normalized spacial score (nSPS) is 20.4. The smallest absolute Gasteiger partial charge is 0.253 e. The molecule has 0 aromatic heterocycles. The summed E-state index contributed by atoms with van der Waals surface area (Å²) in [5.41, 5.74) is 7.80. The van der Waals surface area contributed by atoms with Crippen molar-refractivity contribution in [3.63, 3.8) is 0 Å². The lowest BCUT2D eigenvalue weighted by molar-refractivity contribution is 0.0786. The van der Waals surface area contributed by atoms with Gasteiger partial charge in [-0.1, -0.05) is 17.7 Å². The fourth-order valence-corrected chi connectivity index (χ4v) is 2.36. The maximum atomic E-state index is 12.3. The molecule has 0 saturated carbocycles. The molecule has 3 nitrogen and oxygen atoms in total. The molecule has 1 fully saturated rings. The van der Waals surface area contributed by atoms with Crippen molar-refractivity contribution in [2.75, 3.05) is 13.1 Å². The summed E-state index contributed by atoms with van der Waals surface area (Å²) >= 11 is 0. The third-order valence-electron chi connectivity index (χ3n) is 3.52. The van der Waals surface area contributed by atoms with E-state index in [1.165, 1.54) is 0 Å². The zero-order valence-corrected chi connectivity index (χ0v) is 11.7. The Kier molecular flexibility index (Phi) is 5.17. The molecule has 1 aliphatic heterocycles. The van der Waals surface area contributed by atoms with Crippen LogP contribution in [0, 0.1) is 12.8 Å². The number of hydrogen-bond donors (Lipinski definition) is 1. The van der Waals surface area contributed by atoms with Crippen LogP contribution in [0.5, 0.6) is 0 Å². The lowest BCUT2D eigenvalue weighted by Crippen LogP contribution is -2.33. The van der Waals surface area contributed by atoms with Crippen LogP contribution in [-0.2, 0) is 0 Å². The number of amides is 1. The van der Waals surface area contributed by atoms with E-state index < -0.39 is 0 Å². The van der Waals surface area contributed by atoms with Crippen LogP contribution in [0.1, 0.15) is 29.3 Å². The Hall–Kier alpha value is -1.06. The summed E-state index contributed by atoms with van der Waals surface area (Å²) in [6.45, 7) is 5.65. The predicted octanol–water partition coefficient (Wildman–Crippen LogP) is 2.23. The van der Waals surface area contributed by atoms with Crippen molar-refractivity contribution in [1.82, 2.24) is 4.90 Å². The van der Waals surface area contributed by atoms with Crippen molar-refractivity contribution >= 4 is 18.3 Å². The maximum absolute atomic E-state index is 12.3. The Labute approximate surface area is 115 Å².